The van der Waals surface area contributed by atoms with Crippen LogP contribution in [0, 0.1) is 0 Å². The zero-order valence-corrected chi connectivity index (χ0v) is 12.0. The second-order valence-electron chi connectivity index (χ2n) is 3.97. The van der Waals surface area contributed by atoms with Crippen LogP contribution in [-0.2, 0) is 11.2 Å². The standard InChI is InChI=1S/C13H18BrNO3/c1-18-12-5-4-10(9-11(12)14)6-8-15-7-2-3-13(16)17/h4-5,9,15H,2-3,6-8H2,1H3,(H,16,17). The molecule has 0 radical (unpaired) electrons. The molecule has 0 aliphatic rings. The minimum Gasteiger partial charge on any atom is -0.496 e. The first kappa shape index (κ1) is 15.0. The molecule has 0 aliphatic carbocycles. The van der Waals surface area contributed by atoms with Gasteiger partial charge in [0, 0.05) is 6.42 Å². The van der Waals surface area contributed by atoms with E-state index in [1.807, 2.05) is 18.2 Å². The number of halogens is 1. The Kier molecular flexibility index (Phi) is 6.75. The molecule has 0 heterocycles. The number of nitrogens with one attached hydrogen (secondary N) is 1. The number of carboxylic acids is 1. The van der Waals surface area contributed by atoms with Gasteiger partial charge in [0.15, 0.2) is 0 Å². The van der Waals surface area contributed by atoms with Gasteiger partial charge >= 0.3 is 5.97 Å². The second kappa shape index (κ2) is 8.11. The van der Waals surface area contributed by atoms with Gasteiger partial charge < -0.3 is 15.2 Å². The quantitative estimate of drug-likeness (QED) is 0.723. The summed E-state index contributed by atoms with van der Waals surface area (Å²) >= 11 is 3.45. The van der Waals surface area contributed by atoms with E-state index >= 15 is 0 Å². The van der Waals surface area contributed by atoms with Crippen LogP contribution in [0.1, 0.15) is 18.4 Å². The third kappa shape index (κ3) is 5.51. The van der Waals surface area contributed by atoms with Crippen molar-refractivity contribution in [2.75, 3.05) is 20.2 Å². The fourth-order valence-corrected chi connectivity index (χ4v) is 2.18. The molecular weight excluding hydrogens is 298 g/mol. The van der Waals surface area contributed by atoms with E-state index in [2.05, 4.69) is 21.2 Å². The van der Waals surface area contributed by atoms with Crippen molar-refractivity contribution in [1.29, 1.82) is 0 Å². The van der Waals surface area contributed by atoms with E-state index in [1.54, 1.807) is 7.11 Å². The Morgan fingerprint density at radius 3 is 2.83 bits per heavy atom. The average Bonchev–Trinajstić information content (AvgIpc) is 2.33. The van der Waals surface area contributed by atoms with Gasteiger partial charge in [-0.1, -0.05) is 6.07 Å². The second-order valence-corrected chi connectivity index (χ2v) is 4.82. The van der Waals surface area contributed by atoms with Gasteiger partial charge in [0.25, 0.3) is 0 Å². The summed E-state index contributed by atoms with van der Waals surface area (Å²) in [6.45, 7) is 1.59. The Labute approximate surface area is 115 Å². The third-order valence-corrected chi connectivity index (χ3v) is 3.17. The van der Waals surface area contributed by atoms with Gasteiger partial charge in [0.2, 0.25) is 0 Å². The highest BCUT2D eigenvalue weighted by atomic mass is 79.9. The van der Waals surface area contributed by atoms with Crippen molar-refractivity contribution in [1.82, 2.24) is 5.32 Å². The molecule has 0 spiro atoms. The van der Waals surface area contributed by atoms with E-state index < -0.39 is 5.97 Å². The molecule has 100 valence electrons. The molecule has 0 aliphatic heterocycles. The van der Waals surface area contributed by atoms with E-state index in [9.17, 15) is 4.79 Å². The van der Waals surface area contributed by atoms with Crippen molar-refractivity contribution in [3.63, 3.8) is 0 Å². The molecule has 0 saturated carbocycles. The van der Waals surface area contributed by atoms with Crippen LogP contribution >= 0.6 is 15.9 Å². The molecule has 1 aromatic rings. The summed E-state index contributed by atoms with van der Waals surface area (Å²) in [5, 5.41) is 11.7. The maximum atomic E-state index is 10.3. The highest BCUT2D eigenvalue weighted by molar-refractivity contribution is 9.10. The lowest BCUT2D eigenvalue weighted by atomic mass is 10.1. The number of hydrogen-bond acceptors (Lipinski definition) is 3. The highest BCUT2D eigenvalue weighted by Gasteiger charge is 2.01. The fraction of sp³-hybridized carbons (Fsp3) is 0.462. The van der Waals surface area contributed by atoms with Crippen molar-refractivity contribution in [2.24, 2.45) is 0 Å². The van der Waals surface area contributed by atoms with Crippen LogP contribution in [0.15, 0.2) is 22.7 Å². The smallest absolute Gasteiger partial charge is 0.303 e. The molecule has 1 aromatic carbocycles. The van der Waals surface area contributed by atoms with E-state index in [-0.39, 0.29) is 6.42 Å². The van der Waals surface area contributed by atoms with Crippen LogP contribution in [-0.4, -0.2) is 31.3 Å². The minimum absolute atomic E-state index is 0.223. The maximum Gasteiger partial charge on any atom is 0.303 e. The maximum absolute atomic E-state index is 10.3. The molecular formula is C13H18BrNO3. The van der Waals surface area contributed by atoms with Gasteiger partial charge in [-0.3, -0.25) is 4.79 Å². The fourth-order valence-electron chi connectivity index (χ4n) is 1.59. The summed E-state index contributed by atoms with van der Waals surface area (Å²) in [6, 6.07) is 6.00. The molecule has 0 amide bonds. The first-order valence-electron chi connectivity index (χ1n) is 5.88. The Morgan fingerprint density at radius 2 is 2.22 bits per heavy atom. The van der Waals surface area contributed by atoms with Gasteiger partial charge in [0.1, 0.15) is 5.75 Å². The third-order valence-electron chi connectivity index (χ3n) is 2.55. The molecule has 18 heavy (non-hydrogen) atoms. The number of hydrogen-bond donors (Lipinski definition) is 2. The number of benzene rings is 1. The van der Waals surface area contributed by atoms with E-state index in [1.165, 1.54) is 5.56 Å². The van der Waals surface area contributed by atoms with Crippen LogP contribution in [0.5, 0.6) is 5.75 Å². The largest absolute Gasteiger partial charge is 0.496 e. The predicted octanol–water partition coefficient (Wildman–Crippen LogP) is 2.45. The summed E-state index contributed by atoms with van der Waals surface area (Å²) in [5.74, 6) is 0.0871. The van der Waals surface area contributed by atoms with Gasteiger partial charge in [-0.25, -0.2) is 0 Å². The molecule has 0 fully saturated rings. The lowest BCUT2D eigenvalue weighted by molar-refractivity contribution is -0.137. The van der Waals surface area contributed by atoms with Crippen LogP contribution in [0.2, 0.25) is 0 Å². The Hall–Kier alpha value is -1.07. The van der Waals surface area contributed by atoms with Crippen LogP contribution in [0.25, 0.3) is 0 Å². The van der Waals surface area contributed by atoms with Crippen molar-refractivity contribution in [2.45, 2.75) is 19.3 Å². The van der Waals surface area contributed by atoms with E-state index in [0.29, 0.717) is 6.42 Å². The molecule has 0 aromatic heterocycles. The minimum atomic E-state index is -0.740. The monoisotopic (exact) mass is 315 g/mol. The molecule has 0 bridgehead atoms. The number of rotatable bonds is 8. The average molecular weight is 316 g/mol. The first-order chi connectivity index (χ1) is 8.63. The lowest BCUT2D eigenvalue weighted by Gasteiger charge is -2.07. The number of methoxy groups -OCH3 is 1. The zero-order chi connectivity index (χ0) is 13.4. The van der Waals surface area contributed by atoms with Gasteiger partial charge in [-0.15, -0.1) is 0 Å². The van der Waals surface area contributed by atoms with Crippen molar-refractivity contribution in [3.8, 4) is 5.75 Å². The van der Waals surface area contributed by atoms with E-state index in [0.717, 1.165) is 29.7 Å². The topological polar surface area (TPSA) is 58.6 Å². The predicted molar refractivity (Wildman–Crippen MR) is 74.1 cm³/mol. The molecule has 0 unspecified atom stereocenters. The zero-order valence-electron chi connectivity index (χ0n) is 10.4. The number of ether oxygens (including phenoxy) is 1. The van der Waals surface area contributed by atoms with Crippen LogP contribution in [0.4, 0.5) is 0 Å². The van der Waals surface area contributed by atoms with Crippen LogP contribution < -0.4 is 10.1 Å². The summed E-state index contributed by atoms with van der Waals surface area (Å²) in [7, 11) is 1.64. The van der Waals surface area contributed by atoms with Gasteiger partial charge in [-0.05, 0) is 59.6 Å². The summed E-state index contributed by atoms with van der Waals surface area (Å²) in [6.07, 6.45) is 1.80. The number of carboxylic acid groups (broad SMARTS) is 1. The van der Waals surface area contributed by atoms with Gasteiger partial charge in [-0.2, -0.15) is 0 Å². The molecule has 0 atom stereocenters. The SMILES string of the molecule is COc1ccc(CCNCCCC(=O)O)cc1Br. The molecule has 4 nitrogen and oxygen atoms in total. The van der Waals surface area contributed by atoms with Gasteiger partial charge in [0.05, 0.1) is 11.6 Å². The number of carbonyl (C=O) groups is 1. The van der Waals surface area contributed by atoms with Crippen molar-refractivity contribution in [3.05, 3.63) is 28.2 Å². The van der Waals surface area contributed by atoms with Crippen molar-refractivity contribution >= 4 is 21.9 Å². The first-order valence-corrected chi connectivity index (χ1v) is 6.67. The van der Waals surface area contributed by atoms with Crippen molar-refractivity contribution < 1.29 is 14.6 Å². The highest BCUT2D eigenvalue weighted by Crippen LogP contribution is 2.25. The molecule has 5 heteroatoms. The molecule has 0 saturated heterocycles. The normalized spacial score (nSPS) is 10.3. The molecule has 1 rings (SSSR count). The summed E-state index contributed by atoms with van der Waals surface area (Å²) in [5.41, 5.74) is 1.22. The van der Waals surface area contributed by atoms with E-state index in [4.69, 9.17) is 9.84 Å². The lowest BCUT2D eigenvalue weighted by Crippen LogP contribution is -2.19. The summed E-state index contributed by atoms with van der Waals surface area (Å²) in [4.78, 5) is 10.3. The molecule has 2 N–H and O–H groups in total. The Balaban J connectivity index is 2.23. The Bertz CT molecular complexity index is 396. The number of aliphatic carboxylic acids is 1. The Morgan fingerprint density at radius 1 is 1.44 bits per heavy atom. The van der Waals surface area contributed by atoms with Crippen LogP contribution in [0.3, 0.4) is 0 Å². The summed E-state index contributed by atoms with van der Waals surface area (Å²) < 4.78 is 6.11.